The summed E-state index contributed by atoms with van der Waals surface area (Å²) in [6.07, 6.45) is 0. The molecule has 0 atom stereocenters. The highest BCUT2D eigenvalue weighted by Crippen LogP contribution is 2.31. The topological polar surface area (TPSA) is 59.1 Å². The summed E-state index contributed by atoms with van der Waals surface area (Å²) in [7, 11) is -0.844. The Kier molecular flexibility index (Phi) is 6.44. The van der Waals surface area contributed by atoms with Crippen LogP contribution < -0.4 is 9.47 Å². The molecule has 152 valence electrons. The molecule has 1 heterocycles. The first kappa shape index (κ1) is 20.9. The molecular formula is C19H22ClFN2O4S. The van der Waals surface area contributed by atoms with Gasteiger partial charge in [0.25, 0.3) is 0 Å². The molecule has 9 heteroatoms. The van der Waals surface area contributed by atoms with Crippen LogP contribution in [-0.2, 0) is 16.6 Å². The van der Waals surface area contributed by atoms with E-state index in [0.717, 1.165) is 0 Å². The lowest BCUT2D eigenvalue weighted by Crippen LogP contribution is -2.48. The summed E-state index contributed by atoms with van der Waals surface area (Å²) >= 11 is 6.09. The third-order valence-corrected chi connectivity index (χ3v) is 7.04. The molecule has 1 fully saturated rings. The van der Waals surface area contributed by atoms with Crippen LogP contribution in [0.2, 0.25) is 5.02 Å². The molecule has 28 heavy (non-hydrogen) atoms. The molecule has 0 saturated carbocycles. The Labute approximate surface area is 169 Å². The molecule has 1 aliphatic rings. The monoisotopic (exact) mass is 428 g/mol. The number of methoxy groups -OCH3 is 2. The Morgan fingerprint density at radius 1 is 1.07 bits per heavy atom. The van der Waals surface area contributed by atoms with E-state index in [4.69, 9.17) is 21.1 Å². The quantitative estimate of drug-likeness (QED) is 0.707. The van der Waals surface area contributed by atoms with E-state index in [-0.39, 0.29) is 29.6 Å². The van der Waals surface area contributed by atoms with Crippen molar-refractivity contribution >= 4 is 21.6 Å². The maximum Gasteiger partial charge on any atom is 0.246 e. The number of hydrogen-bond donors (Lipinski definition) is 0. The predicted octanol–water partition coefficient (Wildman–Crippen LogP) is 3.00. The highest BCUT2D eigenvalue weighted by molar-refractivity contribution is 7.89. The highest BCUT2D eigenvalue weighted by Gasteiger charge is 2.31. The van der Waals surface area contributed by atoms with Crippen LogP contribution in [0.15, 0.2) is 41.3 Å². The molecule has 2 aromatic rings. The van der Waals surface area contributed by atoms with Gasteiger partial charge >= 0.3 is 0 Å². The smallest absolute Gasteiger partial charge is 0.246 e. The predicted molar refractivity (Wildman–Crippen MR) is 105 cm³/mol. The van der Waals surface area contributed by atoms with E-state index < -0.39 is 10.0 Å². The van der Waals surface area contributed by atoms with Crippen LogP contribution in [0.4, 0.5) is 4.39 Å². The van der Waals surface area contributed by atoms with Gasteiger partial charge in [-0.15, -0.1) is 0 Å². The van der Waals surface area contributed by atoms with Gasteiger partial charge in [0.15, 0.2) is 0 Å². The molecule has 0 unspecified atom stereocenters. The number of rotatable bonds is 6. The number of ether oxygens (including phenoxy) is 2. The minimum Gasteiger partial charge on any atom is -0.497 e. The molecule has 0 N–H and O–H groups in total. The minimum atomic E-state index is -3.75. The first-order chi connectivity index (χ1) is 13.4. The van der Waals surface area contributed by atoms with Crippen LogP contribution in [0, 0.1) is 5.82 Å². The van der Waals surface area contributed by atoms with Crippen LogP contribution in [0.5, 0.6) is 11.5 Å². The molecule has 0 bridgehead atoms. The molecule has 2 aromatic carbocycles. The minimum absolute atomic E-state index is 0.0694. The number of benzene rings is 2. The molecule has 3 rings (SSSR count). The Bertz CT molecular complexity index is 927. The molecule has 0 aromatic heterocycles. The number of sulfonamides is 1. The van der Waals surface area contributed by atoms with Crippen LogP contribution >= 0.6 is 11.6 Å². The third-order valence-electron chi connectivity index (χ3n) is 4.76. The van der Waals surface area contributed by atoms with Gasteiger partial charge in [-0.1, -0.05) is 17.7 Å². The van der Waals surface area contributed by atoms with Crippen molar-refractivity contribution in [3.8, 4) is 11.5 Å². The summed E-state index contributed by atoms with van der Waals surface area (Å²) in [5, 5.41) is 0.371. The summed E-state index contributed by atoms with van der Waals surface area (Å²) < 4.78 is 52.0. The van der Waals surface area contributed by atoms with E-state index in [1.807, 2.05) is 4.90 Å². The second-order valence-electron chi connectivity index (χ2n) is 6.40. The SMILES string of the molecule is COc1ccc(OC)c(S(=O)(=O)N2CCN(Cc3c(F)cccc3Cl)CC2)c1. The molecule has 0 amide bonds. The van der Waals surface area contributed by atoms with Gasteiger partial charge in [0.1, 0.15) is 22.2 Å². The molecule has 0 aliphatic carbocycles. The van der Waals surface area contributed by atoms with Crippen molar-refractivity contribution in [1.82, 2.24) is 9.21 Å². The van der Waals surface area contributed by atoms with Crippen LogP contribution in [0.25, 0.3) is 0 Å². The van der Waals surface area contributed by atoms with Crippen molar-refractivity contribution in [1.29, 1.82) is 0 Å². The zero-order valence-corrected chi connectivity index (χ0v) is 17.3. The molecular weight excluding hydrogens is 407 g/mol. The fourth-order valence-electron chi connectivity index (χ4n) is 3.16. The van der Waals surface area contributed by atoms with Crippen molar-refractivity contribution in [2.24, 2.45) is 0 Å². The van der Waals surface area contributed by atoms with Gasteiger partial charge in [0.05, 0.1) is 14.2 Å². The molecule has 6 nitrogen and oxygen atoms in total. The standard InChI is InChI=1S/C19H22ClFN2O4S/c1-26-14-6-7-18(27-2)19(12-14)28(24,25)23-10-8-22(9-11-23)13-15-16(20)4-3-5-17(15)21/h3-7,12H,8-11,13H2,1-2H3. The van der Waals surface area contributed by atoms with Gasteiger partial charge in [-0.2, -0.15) is 4.31 Å². The summed E-state index contributed by atoms with van der Waals surface area (Å²) in [5.74, 6) is 0.345. The zero-order valence-electron chi connectivity index (χ0n) is 15.7. The Morgan fingerprint density at radius 2 is 1.79 bits per heavy atom. The van der Waals surface area contributed by atoms with E-state index in [1.165, 1.54) is 30.7 Å². The number of piperazine rings is 1. The summed E-state index contributed by atoms with van der Waals surface area (Å²) in [6, 6.07) is 9.26. The lowest BCUT2D eigenvalue weighted by atomic mass is 10.2. The second kappa shape index (κ2) is 8.65. The number of nitrogens with zero attached hydrogens (tertiary/aromatic N) is 2. The van der Waals surface area contributed by atoms with Crippen molar-refractivity contribution < 1.29 is 22.3 Å². The average molecular weight is 429 g/mol. The Hall–Kier alpha value is -1.87. The van der Waals surface area contributed by atoms with E-state index >= 15 is 0 Å². The van der Waals surface area contributed by atoms with E-state index in [2.05, 4.69) is 0 Å². The van der Waals surface area contributed by atoms with Gasteiger partial charge in [0, 0.05) is 49.4 Å². The van der Waals surface area contributed by atoms with Gasteiger partial charge in [-0.25, -0.2) is 12.8 Å². The first-order valence-corrected chi connectivity index (χ1v) is 10.6. The molecule has 0 spiro atoms. The molecule has 1 aliphatic heterocycles. The molecule has 0 radical (unpaired) electrons. The van der Waals surface area contributed by atoms with Crippen molar-refractivity contribution in [3.63, 3.8) is 0 Å². The van der Waals surface area contributed by atoms with Crippen molar-refractivity contribution in [2.45, 2.75) is 11.4 Å². The van der Waals surface area contributed by atoms with Crippen LogP contribution in [0.3, 0.4) is 0 Å². The van der Waals surface area contributed by atoms with Crippen molar-refractivity contribution in [3.05, 3.63) is 52.8 Å². The van der Waals surface area contributed by atoms with Crippen LogP contribution in [-0.4, -0.2) is 58.0 Å². The van der Waals surface area contributed by atoms with Gasteiger partial charge in [0.2, 0.25) is 10.0 Å². The lowest BCUT2D eigenvalue weighted by molar-refractivity contribution is 0.179. The fourth-order valence-corrected chi connectivity index (χ4v) is 4.98. The normalized spacial score (nSPS) is 16.1. The van der Waals surface area contributed by atoms with E-state index in [1.54, 1.807) is 24.3 Å². The van der Waals surface area contributed by atoms with E-state index in [0.29, 0.717) is 36.0 Å². The van der Waals surface area contributed by atoms with Crippen molar-refractivity contribution in [2.75, 3.05) is 40.4 Å². The summed E-state index contributed by atoms with van der Waals surface area (Å²) in [4.78, 5) is 2.05. The highest BCUT2D eigenvalue weighted by atomic mass is 35.5. The maximum absolute atomic E-state index is 14.0. The number of halogens is 2. The fraction of sp³-hybridized carbons (Fsp3) is 0.368. The Balaban J connectivity index is 1.74. The van der Waals surface area contributed by atoms with Crippen LogP contribution in [0.1, 0.15) is 5.56 Å². The maximum atomic E-state index is 14.0. The molecule has 1 saturated heterocycles. The first-order valence-electron chi connectivity index (χ1n) is 8.74. The van der Waals surface area contributed by atoms with E-state index in [9.17, 15) is 12.8 Å². The zero-order chi connectivity index (χ0) is 20.3. The lowest BCUT2D eigenvalue weighted by Gasteiger charge is -2.34. The average Bonchev–Trinajstić information content (AvgIpc) is 2.70. The largest absolute Gasteiger partial charge is 0.497 e. The summed E-state index contributed by atoms with van der Waals surface area (Å²) in [6.45, 7) is 1.85. The number of hydrogen-bond acceptors (Lipinski definition) is 5. The summed E-state index contributed by atoms with van der Waals surface area (Å²) in [5.41, 5.74) is 0.426. The third kappa shape index (κ3) is 4.25. The second-order valence-corrected chi connectivity index (χ2v) is 8.71. The Morgan fingerprint density at radius 3 is 2.39 bits per heavy atom. The van der Waals surface area contributed by atoms with Gasteiger partial charge in [-0.05, 0) is 24.3 Å². The van der Waals surface area contributed by atoms with Gasteiger partial charge in [-0.3, -0.25) is 4.90 Å². The van der Waals surface area contributed by atoms with Gasteiger partial charge < -0.3 is 9.47 Å².